The van der Waals surface area contributed by atoms with Gasteiger partial charge < -0.3 is 10.1 Å². The van der Waals surface area contributed by atoms with Crippen LogP contribution in [-0.4, -0.2) is 18.2 Å². The number of nitrogens with one attached hydrogen (secondary N) is 2. The Morgan fingerprint density at radius 1 is 1.00 bits per heavy atom. The summed E-state index contributed by atoms with van der Waals surface area (Å²) in [6.45, 7) is 5.78. The van der Waals surface area contributed by atoms with Crippen molar-refractivity contribution in [3.63, 3.8) is 0 Å². The number of hydrogen-bond donors (Lipinski definition) is 2. The zero-order chi connectivity index (χ0) is 21.1. The van der Waals surface area contributed by atoms with Crippen molar-refractivity contribution in [2.75, 3.05) is 11.9 Å². The molecule has 0 bridgehead atoms. The van der Waals surface area contributed by atoms with Crippen LogP contribution in [0.3, 0.4) is 0 Å². The lowest BCUT2D eigenvalue weighted by Gasteiger charge is -2.21. The number of rotatable bonds is 5. The molecule has 0 aliphatic carbocycles. The molecule has 0 saturated carbocycles. The Morgan fingerprint density at radius 3 is 2.53 bits per heavy atom. The summed E-state index contributed by atoms with van der Waals surface area (Å²) in [4.78, 5) is 14.5. The molecular weight excluding hydrogens is 394 g/mol. The first-order valence-electron chi connectivity index (χ1n) is 9.70. The maximum absolute atomic E-state index is 12.1. The third kappa shape index (κ3) is 4.66. The highest BCUT2D eigenvalue weighted by Crippen LogP contribution is 2.44. The molecule has 1 amide bonds. The van der Waals surface area contributed by atoms with Gasteiger partial charge in [-0.1, -0.05) is 36.0 Å². The van der Waals surface area contributed by atoms with Gasteiger partial charge in [0, 0.05) is 9.79 Å². The van der Waals surface area contributed by atoms with Crippen molar-refractivity contribution in [2.45, 2.75) is 30.6 Å². The van der Waals surface area contributed by atoms with E-state index in [1.54, 1.807) is 11.8 Å². The minimum atomic E-state index is -0.297. The quantitative estimate of drug-likeness (QED) is 0.336. The number of carbonyl (C=O) groups excluding carboxylic acids is 1. The number of para-hydroxylation sites is 1. The van der Waals surface area contributed by atoms with E-state index in [-0.39, 0.29) is 12.5 Å². The van der Waals surface area contributed by atoms with E-state index in [1.807, 2.05) is 51.1 Å². The standard InChI is InChI=1S/C24H23N3O2S/c1-15-10-16(2)12-19(11-15)29-14-24(28)27-26-17(3)18-8-9-23-21(13-18)25-20-6-4-5-7-22(20)30-23/h4-13,25H,14H2,1-3H3,(H,27,28)/b26-17-. The van der Waals surface area contributed by atoms with Crippen molar-refractivity contribution < 1.29 is 9.53 Å². The van der Waals surface area contributed by atoms with Crippen molar-refractivity contribution >= 4 is 34.8 Å². The van der Waals surface area contributed by atoms with Crippen molar-refractivity contribution in [1.29, 1.82) is 0 Å². The first-order chi connectivity index (χ1) is 14.5. The van der Waals surface area contributed by atoms with Crippen LogP contribution in [0, 0.1) is 13.8 Å². The second kappa shape index (κ2) is 8.63. The second-order valence-corrected chi connectivity index (χ2v) is 8.36. The van der Waals surface area contributed by atoms with Gasteiger partial charge in [0.2, 0.25) is 0 Å². The van der Waals surface area contributed by atoms with E-state index < -0.39 is 0 Å². The van der Waals surface area contributed by atoms with E-state index in [2.05, 4.69) is 46.2 Å². The van der Waals surface area contributed by atoms with Crippen LogP contribution in [0.15, 0.2) is 75.6 Å². The number of amides is 1. The highest BCUT2D eigenvalue weighted by molar-refractivity contribution is 7.99. The van der Waals surface area contributed by atoms with E-state index in [0.717, 1.165) is 38.7 Å². The first-order valence-corrected chi connectivity index (χ1v) is 10.5. The Hall–Kier alpha value is -3.25. The van der Waals surface area contributed by atoms with Crippen LogP contribution in [0.2, 0.25) is 0 Å². The summed E-state index contributed by atoms with van der Waals surface area (Å²) < 4.78 is 5.58. The van der Waals surface area contributed by atoms with E-state index in [1.165, 1.54) is 4.90 Å². The van der Waals surface area contributed by atoms with Crippen LogP contribution < -0.4 is 15.5 Å². The molecule has 4 rings (SSSR count). The van der Waals surface area contributed by atoms with E-state index in [4.69, 9.17) is 4.74 Å². The van der Waals surface area contributed by atoms with Gasteiger partial charge in [-0.25, -0.2) is 5.43 Å². The van der Waals surface area contributed by atoms with Gasteiger partial charge in [-0.15, -0.1) is 0 Å². The molecule has 6 heteroatoms. The summed E-state index contributed by atoms with van der Waals surface area (Å²) in [5.41, 5.74) is 8.57. The third-order valence-corrected chi connectivity index (χ3v) is 5.84. The second-order valence-electron chi connectivity index (χ2n) is 7.28. The number of aryl methyl sites for hydroxylation is 2. The molecule has 0 unspecified atom stereocenters. The number of fused-ring (bicyclic) bond motifs is 2. The molecule has 3 aromatic rings. The number of ether oxygens (including phenoxy) is 1. The molecule has 0 radical (unpaired) electrons. The van der Waals surface area contributed by atoms with Crippen LogP contribution in [0.4, 0.5) is 11.4 Å². The lowest BCUT2D eigenvalue weighted by Crippen LogP contribution is -2.25. The lowest BCUT2D eigenvalue weighted by atomic mass is 10.1. The molecule has 2 N–H and O–H groups in total. The number of nitrogens with zero attached hydrogens (tertiary/aromatic N) is 1. The maximum Gasteiger partial charge on any atom is 0.277 e. The van der Waals surface area contributed by atoms with E-state index in [9.17, 15) is 4.79 Å². The molecule has 0 spiro atoms. The summed E-state index contributed by atoms with van der Waals surface area (Å²) in [5, 5.41) is 7.70. The maximum atomic E-state index is 12.1. The summed E-state index contributed by atoms with van der Waals surface area (Å²) in [6.07, 6.45) is 0. The molecule has 0 atom stereocenters. The predicted octanol–water partition coefficient (Wildman–Crippen LogP) is 5.43. The van der Waals surface area contributed by atoms with Crippen molar-refractivity contribution in [3.8, 4) is 5.75 Å². The zero-order valence-corrected chi connectivity index (χ0v) is 18.0. The molecule has 0 fully saturated rings. The van der Waals surface area contributed by atoms with Gasteiger partial charge in [0.25, 0.3) is 5.91 Å². The van der Waals surface area contributed by atoms with E-state index in [0.29, 0.717) is 5.75 Å². The lowest BCUT2D eigenvalue weighted by molar-refractivity contribution is -0.123. The minimum Gasteiger partial charge on any atom is -0.484 e. The van der Waals surface area contributed by atoms with E-state index >= 15 is 0 Å². The van der Waals surface area contributed by atoms with Crippen molar-refractivity contribution in [3.05, 3.63) is 77.4 Å². The topological polar surface area (TPSA) is 62.7 Å². The van der Waals surface area contributed by atoms with Crippen molar-refractivity contribution in [2.24, 2.45) is 5.10 Å². The normalized spacial score (nSPS) is 12.4. The fraction of sp³-hybridized carbons (Fsp3) is 0.167. The molecule has 30 heavy (non-hydrogen) atoms. The largest absolute Gasteiger partial charge is 0.484 e. The van der Waals surface area contributed by atoms with Crippen molar-refractivity contribution in [1.82, 2.24) is 5.43 Å². The molecule has 5 nitrogen and oxygen atoms in total. The Balaban J connectivity index is 1.38. The Kier molecular flexibility index (Phi) is 5.77. The number of anilines is 2. The molecule has 3 aromatic carbocycles. The van der Waals surface area contributed by atoms with Gasteiger partial charge in [0.1, 0.15) is 5.75 Å². The minimum absolute atomic E-state index is 0.0845. The third-order valence-electron chi connectivity index (χ3n) is 4.69. The fourth-order valence-electron chi connectivity index (χ4n) is 3.27. The van der Waals surface area contributed by atoms with Gasteiger partial charge in [0.05, 0.1) is 17.1 Å². The summed E-state index contributed by atoms with van der Waals surface area (Å²) >= 11 is 1.74. The Morgan fingerprint density at radius 2 is 1.73 bits per heavy atom. The van der Waals surface area contributed by atoms with Gasteiger partial charge in [-0.3, -0.25) is 4.79 Å². The highest BCUT2D eigenvalue weighted by atomic mass is 32.2. The monoisotopic (exact) mass is 417 g/mol. The average molecular weight is 418 g/mol. The number of benzene rings is 3. The number of carbonyl (C=O) groups is 1. The van der Waals surface area contributed by atoms with Gasteiger partial charge in [0.15, 0.2) is 6.61 Å². The first kappa shape index (κ1) is 20.0. The number of hydrogen-bond acceptors (Lipinski definition) is 5. The van der Waals surface area contributed by atoms with Crippen LogP contribution in [-0.2, 0) is 4.79 Å². The number of hydrazone groups is 1. The Labute approximate surface area is 180 Å². The molecule has 1 aliphatic rings. The smallest absolute Gasteiger partial charge is 0.277 e. The summed E-state index contributed by atoms with van der Waals surface area (Å²) in [5.74, 6) is 0.385. The molecule has 0 saturated heterocycles. The Bertz CT molecular complexity index is 1120. The average Bonchev–Trinajstić information content (AvgIpc) is 2.73. The SMILES string of the molecule is C/C(=N/NC(=O)COc1cc(C)cc(C)c1)c1ccc2c(c1)Nc1ccccc1S2. The van der Waals surface area contributed by atoms with Crippen LogP contribution in [0.5, 0.6) is 5.75 Å². The van der Waals surface area contributed by atoms with Crippen LogP contribution in [0.1, 0.15) is 23.6 Å². The van der Waals surface area contributed by atoms with Gasteiger partial charge in [-0.05, 0) is 73.9 Å². The summed E-state index contributed by atoms with van der Waals surface area (Å²) in [6, 6.07) is 20.2. The molecule has 0 aromatic heterocycles. The zero-order valence-electron chi connectivity index (χ0n) is 17.2. The molecular formula is C24H23N3O2S. The van der Waals surface area contributed by atoms with Crippen LogP contribution >= 0.6 is 11.8 Å². The van der Waals surface area contributed by atoms with Crippen LogP contribution in [0.25, 0.3) is 0 Å². The predicted molar refractivity (Wildman–Crippen MR) is 122 cm³/mol. The molecule has 152 valence electrons. The van der Waals surface area contributed by atoms with Gasteiger partial charge >= 0.3 is 0 Å². The fourth-order valence-corrected chi connectivity index (χ4v) is 4.24. The van der Waals surface area contributed by atoms with Gasteiger partial charge in [-0.2, -0.15) is 5.10 Å². The summed E-state index contributed by atoms with van der Waals surface area (Å²) in [7, 11) is 0. The molecule has 1 aliphatic heterocycles. The molecule has 1 heterocycles. The highest BCUT2D eigenvalue weighted by Gasteiger charge is 2.16.